The zero-order valence-electron chi connectivity index (χ0n) is 14.2. The molecule has 2 aromatic carbocycles. The Kier molecular flexibility index (Phi) is 7.94. The summed E-state index contributed by atoms with van der Waals surface area (Å²) in [6.07, 6.45) is 0.825. The van der Waals surface area contributed by atoms with Gasteiger partial charge in [-0.15, -0.1) is 11.8 Å². The molecule has 1 unspecified atom stereocenters. The molecule has 0 radical (unpaired) electrons. The van der Waals surface area contributed by atoms with Crippen molar-refractivity contribution in [3.05, 3.63) is 63.6 Å². The molecule has 3 nitrogen and oxygen atoms in total. The van der Waals surface area contributed by atoms with Gasteiger partial charge in [0.05, 0.1) is 18.9 Å². The molecule has 0 bridgehead atoms. The van der Waals surface area contributed by atoms with Crippen LogP contribution in [0.15, 0.2) is 42.5 Å². The SMILES string of the molecule is CCC(NC(=O)CSCc1ccc(Cl)cc1Cl)c1ccc(OC)cc1. The molecular weight excluding hydrogens is 377 g/mol. The Morgan fingerprint density at radius 3 is 2.52 bits per heavy atom. The van der Waals surface area contributed by atoms with E-state index in [0.29, 0.717) is 21.6 Å². The van der Waals surface area contributed by atoms with Crippen LogP contribution in [0.4, 0.5) is 0 Å². The Labute approximate surface area is 163 Å². The third kappa shape index (κ3) is 6.14. The number of carbonyl (C=O) groups is 1. The third-order valence-corrected chi connectivity index (χ3v) is 5.34. The second kappa shape index (κ2) is 9.95. The van der Waals surface area contributed by atoms with Crippen LogP contribution in [0.3, 0.4) is 0 Å². The van der Waals surface area contributed by atoms with Crippen LogP contribution in [-0.4, -0.2) is 18.8 Å². The van der Waals surface area contributed by atoms with Crippen molar-refractivity contribution in [3.63, 3.8) is 0 Å². The van der Waals surface area contributed by atoms with Crippen LogP contribution in [0.2, 0.25) is 10.0 Å². The summed E-state index contributed by atoms with van der Waals surface area (Å²) in [4.78, 5) is 12.2. The van der Waals surface area contributed by atoms with Crippen LogP contribution in [0.1, 0.15) is 30.5 Å². The number of hydrogen-bond donors (Lipinski definition) is 1. The lowest BCUT2D eigenvalue weighted by Gasteiger charge is -2.18. The lowest BCUT2D eigenvalue weighted by atomic mass is 10.0. The average molecular weight is 398 g/mol. The number of nitrogens with one attached hydrogen (secondary N) is 1. The van der Waals surface area contributed by atoms with Crippen molar-refractivity contribution in [3.8, 4) is 5.75 Å². The van der Waals surface area contributed by atoms with Crippen LogP contribution in [0, 0.1) is 0 Å². The molecule has 25 heavy (non-hydrogen) atoms. The summed E-state index contributed by atoms with van der Waals surface area (Å²) >= 11 is 13.6. The van der Waals surface area contributed by atoms with Gasteiger partial charge < -0.3 is 10.1 Å². The molecule has 0 saturated carbocycles. The topological polar surface area (TPSA) is 38.3 Å². The molecule has 0 aliphatic heterocycles. The molecule has 0 saturated heterocycles. The van der Waals surface area contributed by atoms with Gasteiger partial charge in [0.1, 0.15) is 5.75 Å². The second-order valence-corrected chi connectivity index (χ2v) is 7.36. The number of amides is 1. The molecule has 6 heteroatoms. The van der Waals surface area contributed by atoms with E-state index < -0.39 is 0 Å². The van der Waals surface area contributed by atoms with E-state index in [9.17, 15) is 4.79 Å². The molecule has 1 amide bonds. The van der Waals surface area contributed by atoms with Gasteiger partial charge in [-0.05, 0) is 41.8 Å². The van der Waals surface area contributed by atoms with E-state index in [1.165, 1.54) is 11.8 Å². The maximum Gasteiger partial charge on any atom is 0.230 e. The highest BCUT2D eigenvalue weighted by Gasteiger charge is 2.13. The van der Waals surface area contributed by atoms with Crippen molar-refractivity contribution in [2.24, 2.45) is 0 Å². The zero-order chi connectivity index (χ0) is 18.2. The number of ether oxygens (including phenoxy) is 1. The highest BCUT2D eigenvalue weighted by atomic mass is 35.5. The van der Waals surface area contributed by atoms with Gasteiger partial charge in [-0.25, -0.2) is 0 Å². The van der Waals surface area contributed by atoms with Crippen LogP contribution in [0.25, 0.3) is 0 Å². The maximum atomic E-state index is 12.2. The molecular formula is C19H21Cl2NO2S. The summed E-state index contributed by atoms with van der Waals surface area (Å²) in [5.41, 5.74) is 2.05. The Hall–Kier alpha value is -1.36. The minimum absolute atomic E-state index is 0.00174. The monoisotopic (exact) mass is 397 g/mol. The van der Waals surface area contributed by atoms with Gasteiger partial charge in [0.25, 0.3) is 0 Å². The minimum Gasteiger partial charge on any atom is -0.497 e. The highest BCUT2D eigenvalue weighted by molar-refractivity contribution is 7.99. The van der Waals surface area contributed by atoms with E-state index in [-0.39, 0.29) is 11.9 Å². The number of methoxy groups -OCH3 is 1. The Bertz CT molecular complexity index is 707. The predicted octanol–water partition coefficient (Wildman–Crippen LogP) is 5.50. The molecule has 1 atom stereocenters. The van der Waals surface area contributed by atoms with Gasteiger partial charge in [-0.3, -0.25) is 4.79 Å². The van der Waals surface area contributed by atoms with Gasteiger partial charge in [0, 0.05) is 15.8 Å². The Morgan fingerprint density at radius 2 is 1.92 bits per heavy atom. The molecule has 2 rings (SSSR count). The first-order valence-electron chi connectivity index (χ1n) is 7.98. The van der Waals surface area contributed by atoms with Gasteiger partial charge in [-0.2, -0.15) is 0 Å². The van der Waals surface area contributed by atoms with Crippen molar-refractivity contribution in [2.45, 2.75) is 25.1 Å². The number of benzene rings is 2. The van der Waals surface area contributed by atoms with Crippen LogP contribution < -0.4 is 10.1 Å². The van der Waals surface area contributed by atoms with Crippen LogP contribution in [0.5, 0.6) is 5.75 Å². The molecule has 0 aromatic heterocycles. The first kappa shape index (κ1) is 20.0. The maximum absolute atomic E-state index is 12.2. The average Bonchev–Trinajstić information content (AvgIpc) is 2.61. The standard InChI is InChI=1S/C19H21Cl2NO2S/c1-3-18(13-5-8-16(24-2)9-6-13)22-19(23)12-25-11-14-4-7-15(20)10-17(14)21/h4-10,18H,3,11-12H2,1-2H3,(H,22,23). The summed E-state index contributed by atoms with van der Waals surface area (Å²) in [7, 11) is 1.64. The first-order valence-corrected chi connectivity index (χ1v) is 9.89. The summed E-state index contributed by atoms with van der Waals surface area (Å²) in [6, 6.07) is 13.2. The minimum atomic E-state index is -0.00174. The molecule has 0 aliphatic rings. The summed E-state index contributed by atoms with van der Waals surface area (Å²) in [5.74, 6) is 1.87. The van der Waals surface area contributed by atoms with Crippen molar-refractivity contribution in [1.29, 1.82) is 0 Å². The molecule has 134 valence electrons. The van der Waals surface area contributed by atoms with Crippen molar-refractivity contribution >= 4 is 40.9 Å². The number of halogens is 2. The normalized spacial score (nSPS) is 11.8. The van der Waals surface area contributed by atoms with E-state index >= 15 is 0 Å². The zero-order valence-corrected chi connectivity index (χ0v) is 16.5. The Balaban J connectivity index is 1.85. The Morgan fingerprint density at radius 1 is 1.20 bits per heavy atom. The molecule has 2 aromatic rings. The lowest BCUT2D eigenvalue weighted by Crippen LogP contribution is -2.29. The third-order valence-electron chi connectivity index (χ3n) is 3.77. The molecule has 0 heterocycles. The van der Waals surface area contributed by atoms with Crippen molar-refractivity contribution in [1.82, 2.24) is 5.32 Å². The molecule has 1 N–H and O–H groups in total. The van der Waals surface area contributed by atoms with E-state index in [0.717, 1.165) is 23.3 Å². The lowest BCUT2D eigenvalue weighted by molar-refractivity contribution is -0.119. The highest BCUT2D eigenvalue weighted by Crippen LogP contribution is 2.25. The van der Waals surface area contributed by atoms with Gasteiger partial charge in [0.2, 0.25) is 5.91 Å². The number of hydrogen-bond acceptors (Lipinski definition) is 3. The largest absolute Gasteiger partial charge is 0.497 e. The fraction of sp³-hybridized carbons (Fsp3) is 0.316. The van der Waals surface area contributed by atoms with Crippen molar-refractivity contribution < 1.29 is 9.53 Å². The van der Waals surface area contributed by atoms with Gasteiger partial charge >= 0.3 is 0 Å². The number of rotatable bonds is 8. The fourth-order valence-electron chi connectivity index (χ4n) is 2.39. The number of thioether (sulfide) groups is 1. The quantitative estimate of drug-likeness (QED) is 0.638. The summed E-state index contributed by atoms with van der Waals surface area (Å²) < 4.78 is 5.17. The smallest absolute Gasteiger partial charge is 0.230 e. The van der Waals surface area contributed by atoms with Crippen LogP contribution in [-0.2, 0) is 10.5 Å². The predicted molar refractivity (Wildman–Crippen MR) is 107 cm³/mol. The van der Waals surface area contributed by atoms with E-state index in [2.05, 4.69) is 12.2 Å². The first-order chi connectivity index (χ1) is 12.0. The van der Waals surface area contributed by atoms with Crippen LogP contribution >= 0.6 is 35.0 Å². The van der Waals surface area contributed by atoms with Gasteiger partial charge in [-0.1, -0.05) is 48.3 Å². The molecule has 0 spiro atoms. The molecule has 0 aliphatic carbocycles. The summed E-state index contributed by atoms with van der Waals surface area (Å²) in [6.45, 7) is 2.05. The van der Waals surface area contributed by atoms with Gasteiger partial charge in [0.15, 0.2) is 0 Å². The van der Waals surface area contributed by atoms with E-state index in [4.69, 9.17) is 27.9 Å². The van der Waals surface area contributed by atoms with Crippen molar-refractivity contribution in [2.75, 3.05) is 12.9 Å². The second-order valence-electron chi connectivity index (χ2n) is 5.53. The number of carbonyl (C=O) groups excluding carboxylic acids is 1. The van der Waals surface area contributed by atoms with E-state index in [1.54, 1.807) is 19.2 Å². The van der Waals surface area contributed by atoms with E-state index in [1.807, 2.05) is 30.3 Å². The molecule has 0 fully saturated rings. The summed E-state index contributed by atoms with van der Waals surface area (Å²) in [5, 5.41) is 4.32. The fourth-order valence-corrected chi connectivity index (χ4v) is 3.78.